The first-order chi connectivity index (χ1) is 10.2. The molecule has 1 atom stereocenters. The lowest BCUT2D eigenvalue weighted by atomic mass is 9.98. The van der Waals surface area contributed by atoms with Crippen molar-refractivity contribution in [3.63, 3.8) is 0 Å². The minimum absolute atomic E-state index is 0.174. The molecule has 0 aliphatic heterocycles. The van der Waals surface area contributed by atoms with Gasteiger partial charge in [0.15, 0.2) is 0 Å². The molecule has 0 radical (unpaired) electrons. The standard InChI is InChI=1S/C18H20N2O/c1-2-9-16(19)18(21)20-17(14-10-5-3-6-11-14)15-12-7-4-8-13-15/h2-8,10-13,16-17H,1,9,19H2,(H,20,21). The van der Waals surface area contributed by atoms with E-state index in [0.29, 0.717) is 6.42 Å². The van der Waals surface area contributed by atoms with Crippen molar-refractivity contribution in [3.05, 3.63) is 84.4 Å². The highest BCUT2D eigenvalue weighted by Gasteiger charge is 2.19. The fourth-order valence-electron chi connectivity index (χ4n) is 2.19. The van der Waals surface area contributed by atoms with Crippen molar-refractivity contribution < 1.29 is 4.79 Å². The van der Waals surface area contributed by atoms with Crippen LogP contribution in [0.5, 0.6) is 0 Å². The molecule has 0 heterocycles. The normalized spacial score (nSPS) is 11.9. The monoisotopic (exact) mass is 280 g/mol. The summed E-state index contributed by atoms with van der Waals surface area (Å²) in [5.41, 5.74) is 7.91. The van der Waals surface area contributed by atoms with Crippen molar-refractivity contribution in [2.75, 3.05) is 0 Å². The Balaban J connectivity index is 2.25. The molecule has 0 spiro atoms. The molecule has 2 aromatic carbocycles. The molecule has 1 amide bonds. The highest BCUT2D eigenvalue weighted by molar-refractivity contribution is 5.82. The van der Waals surface area contributed by atoms with Gasteiger partial charge in [-0.25, -0.2) is 0 Å². The predicted molar refractivity (Wildman–Crippen MR) is 85.7 cm³/mol. The second kappa shape index (κ2) is 7.41. The van der Waals surface area contributed by atoms with Gasteiger partial charge < -0.3 is 11.1 Å². The Morgan fingerprint density at radius 1 is 1.05 bits per heavy atom. The molecule has 21 heavy (non-hydrogen) atoms. The molecule has 0 aromatic heterocycles. The minimum atomic E-state index is -0.572. The maximum absolute atomic E-state index is 12.2. The summed E-state index contributed by atoms with van der Waals surface area (Å²) >= 11 is 0. The first-order valence-electron chi connectivity index (χ1n) is 6.99. The summed E-state index contributed by atoms with van der Waals surface area (Å²) in [6, 6.07) is 19.0. The first kappa shape index (κ1) is 15.0. The Bertz CT molecular complexity index is 541. The summed E-state index contributed by atoms with van der Waals surface area (Å²) in [5.74, 6) is -0.174. The minimum Gasteiger partial charge on any atom is -0.344 e. The summed E-state index contributed by atoms with van der Waals surface area (Å²) in [6.45, 7) is 3.62. The number of benzene rings is 2. The zero-order chi connectivity index (χ0) is 15.1. The van der Waals surface area contributed by atoms with E-state index in [-0.39, 0.29) is 11.9 Å². The van der Waals surface area contributed by atoms with E-state index in [0.717, 1.165) is 11.1 Å². The first-order valence-corrected chi connectivity index (χ1v) is 6.99. The van der Waals surface area contributed by atoms with E-state index in [1.807, 2.05) is 60.7 Å². The molecule has 3 heteroatoms. The van der Waals surface area contributed by atoms with Gasteiger partial charge in [0.05, 0.1) is 12.1 Å². The third-order valence-corrected chi connectivity index (χ3v) is 3.31. The smallest absolute Gasteiger partial charge is 0.237 e. The van der Waals surface area contributed by atoms with Crippen molar-refractivity contribution in [1.29, 1.82) is 0 Å². The van der Waals surface area contributed by atoms with E-state index in [1.54, 1.807) is 6.08 Å². The van der Waals surface area contributed by atoms with Gasteiger partial charge in [-0.15, -0.1) is 6.58 Å². The molecule has 3 nitrogen and oxygen atoms in total. The molecular weight excluding hydrogens is 260 g/mol. The van der Waals surface area contributed by atoms with Crippen molar-refractivity contribution in [3.8, 4) is 0 Å². The summed E-state index contributed by atoms with van der Waals surface area (Å²) < 4.78 is 0. The highest BCUT2D eigenvalue weighted by atomic mass is 16.2. The third-order valence-electron chi connectivity index (χ3n) is 3.31. The Hall–Kier alpha value is -2.39. The molecule has 1 unspecified atom stereocenters. The highest BCUT2D eigenvalue weighted by Crippen LogP contribution is 2.21. The average Bonchev–Trinajstić information content (AvgIpc) is 2.54. The van der Waals surface area contributed by atoms with E-state index in [4.69, 9.17) is 5.73 Å². The zero-order valence-electron chi connectivity index (χ0n) is 11.9. The van der Waals surface area contributed by atoms with Gasteiger partial charge in [-0.3, -0.25) is 4.79 Å². The lowest BCUT2D eigenvalue weighted by molar-refractivity contribution is -0.122. The maximum atomic E-state index is 12.2. The fourth-order valence-corrected chi connectivity index (χ4v) is 2.19. The van der Waals surface area contributed by atoms with E-state index in [2.05, 4.69) is 11.9 Å². The lowest BCUT2D eigenvalue weighted by Crippen LogP contribution is -2.42. The molecule has 2 aromatic rings. The lowest BCUT2D eigenvalue weighted by Gasteiger charge is -2.21. The Morgan fingerprint density at radius 3 is 1.95 bits per heavy atom. The van der Waals surface area contributed by atoms with Gasteiger partial charge in [-0.05, 0) is 17.5 Å². The Labute approximate surface area is 125 Å². The Morgan fingerprint density at radius 2 is 1.52 bits per heavy atom. The van der Waals surface area contributed by atoms with Gasteiger partial charge >= 0.3 is 0 Å². The molecule has 0 aliphatic rings. The number of carbonyl (C=O) groups excluding carboxylic acids is 1. The zero-order valence-corrected chi connectivity index (χ0v) is 11.9. The molecular formula is C18H20N2O. The average molecular weight is 280 g/mol. The number of rotatable bonds is 6. The maximum Gasteiger partial charge on any atom is 0.237 e. The van der Waals surface area contributed by atoms with Crippen LogP contribution in [0.3, 0.4) is 0 Å². The quantitative estimate of drug-likeness (QED) is 0.799. The van der Waals surface area contributed by atoms with Crippen molar-refractivity contribution in [2.24, 2.45) is 5.73 Å². The molecule has 108 valence electrons. The number of nitrogens with two attached hydrogens (primary N) is 1. The van der Waals surface area contributed by atoms with Crippen molar-refractivity contribution in [2.45, 2.75) is 18.5 Å². The van der Waals surface area contributed by atoms with Crippen LogP contribution >= 0.6 is 0 Å². The van der Waals surface area contributed by atoms with Crippen LogP contribution in [0, 0.1) is 0 Å². The second-order valence-corrected chi connectivity index (χ2v) is 4.89. The molecule has 0 aliphatic carbocycles. The summed E-state index contributed by atoms with van der Waals surface area (Å²) in [6.07, 6.45) is 2.12. The number of hydrogen-bond donors (Lipinski definition) is 2. The molecule has 0 saturated carbocycles. The van der Waals surface area contributed by atoms with E-state index in [9.17, 15) is 4.79 Å². The largest absolute Gasteiger partial charge is 0.344 e. The molecule has 2 rings (SSSR count). The van der Waals surface area contributed by atoms with Gasteiger partial charge in [-0.1, -0.05) is 66.7 Å². The molecule has 0 bridgehead atoms. The van der Waals surface area contributed by atoms with Gasteiger partial charge in [0.2, 0.25) is 5.91 Å². The number of carbonyl (C=O) groups is 1. The number of amides is 1. The van der Waals surface area contributed by atoms with E-state index < -0.39 is 6.04 Å². The van der Waals surface area contributed by atoms with Crippen LogP contribution in [0.25, 0.3) is 0 Å². The fraction of sp³-hybridized carbons (Fsp3) is 0.167. The van der Waals surface area contributed by atoms with Crippen LogP contribution in [-0.2, 0) is 4.79 Å². The van der Waals surface area contributed by atoms with Crippen LogP contribution < -0.4 is 11.1 Å². The van der Waals surface area contributed by atoms with Crippen molar-refractivity contribution in [1.82, 2.24) is 5.32 Å². The summed E-state index contributed by atoms with van der Waals surface area (Å²) in [5, 5.41) is 3.02. The molecule has 0 fully saturated rings. The number of nitrogens with one attached hydrogen (secondary N) is 1. The summed E-state index contributed by atoms with van der Waals surface area (Å²) in [4.78, 5) is 12.2. The summed E-state index contributed by atoms with van der Waals surface area (Å²) in [7, 11) is 0. The van der Waals surface area contributed by atoms with Gasteiger partial charge in [0.25, 0.3) is 0 Å². The van der Waals surface area contributed by atoms with E-state index in [1.165, 1.54) is 0 Å². The third kappa shape index (κ3) is 4.04. The van der Waals surface area contributed by atoms with Gasteiger partial charge in [0.1, 0.15) is 0 Å². The Kier molecular flexibility index (Phi) is 5.29. The second-order valence-electron chi connectivity index (χ2n) is 4.89. The van der Waals surface area contributed by atoms with Crippen LogP contribution in [0.15, 0.2) is 73.3 Å². The van der Waals surface area contributed by atoms with Crippen LogP contribution in [-0.4, -0.2) is 11.9 Å². The SMILES string of the molecule is C=CCC(N)C(=O)NC(c1ccccc1)c1ccccc1. The van der Waals surface area contributed by atoms with Crippen LogP contribution in [0.4, 0.5) is 0 Å². The molecule has 3 N–H and O–H groups in total. The topological polar surface area (TPSA) is 55.1 Å². The van der Waals surface area contributed by atoms with Crippen LogP contribution in [0.1, 0.15) is 23.6 Å². The predicted octanol–water partition coefficient (Wildman–Crippen LogP) is 2.80. The molecule has 0 saturated heterocycles. The van der Waals surface area contributed by atoms with Gasteiger partial charge in [-0.2, -0.15) is 0 Å². The van der Waals surface area contributed by atoms with Crippen molar-refractivity contribution >= 4 is 5.91 Å². The van der Waals surface area contributed by atoms with Gasteiger partial charge in [0, 0.05) is 0 Å². The van der Waals surface area contributed by atoms with E-state index >= 15 is 0 Å². The van der Waals surface area contributed by atoms with Crippen LogP contribution in [0.2, 0.25) is 0 Å². The number of hydrogen-bond acceptors (Lipinski definition) is 2.